The lowest BCUT2D eigenvalue weighted by Crippen LogP contribution is -1.96. The van der Waals surface area contributed by atoms with Crippen LogP contribution in [0.4, 0.5) is 0 Å². The van der Waals surface area contributed by atoms with Crippen LogP contribution >= 0.6 is 0 Å². The molecule has 0 saturated carbocycles. The monoisotopic (exact) mass is 384 g/mol. The van der Waals surface area contributed by atoms with Gasteiger partial charge in [0, 0.05) is 32.1 Å². The van der Waals surface area contributed by atoms with Gasteiger partial charge in [0.2, 0.25) is 0 Å². The highest BCUT2D eigenvalue weighted by Gasteiger charge is 1.99. The van der Waals surface area contributed by atoms with Gasteiger partial charge in [0.25, 0.3) is 0 Å². The molecule has 0 amide bonds. The third-order valence-electron chi connectivity index (χ3n) is 3.12. The summed E-state index contributed by atoms with van der Waals surface area (Å²) in [4.78, 5) is 40.8. The number of aryl methyl sites for hydroxylation is 1. The number of tetrazole rings is 1. The van der Waals surface area contributed by atoms with Crippen LogP contribution in [0.25, 0.3) is 0 Å². The highest BCUT2D eigenvalue weighted by Crippen LogP contribution is 1.97. The van der Waals surface area contributed by atoms with Crippen LogP contribution in [0.1, 0.15) is 84.9 Å². The van der Waals surface area contributed by atoms with Crippen molar-refractivity contribution < 1.29 is 24.3 Å². The number of nitrogens with zero attached hydrogens (tertiary/aromatic N) is 3. The number of carboxylic acids is 1. The Bertz CT molecular complexity index is 530. The van der Waals surface area contributed by atoms with Crippen molar-refractivity contribution >= 4 is 23.3 Å². The van der Waals surface area contributed by atoms with Gasteiger partial charge in [-0.3, -0.25) is 4.79 Å². The second-order valence-corrected chi connectivity index (χ2v) is 6.14. The molecule has 0 aliphatic heterocycles. The number of aromatic nitrogens is 4. The fraction of sp³-hybridized carbons (Fsp3) is 0.722. The summed E-state index contributed by atoms with van der Waals surface area (Å²) in [5, 5.41) is 21.4. The quantitative estimate of drug-likeness (QED) is 0.592. The Morgan fingerprint density at radius 3 is 1.74 bits per heavy atom. The Morgan fingerprint density at radius 1 is 0.852 bits per heavy atom. The van der Waals surface area contributed by atoms with Gasteiger partial charge >= 0.3 is 5.97 Å². The maximum atomic E-state index is 10.5. The van der Waals surface area contributed by atoms with E-state index in [4.69, 9.17) is 5.11 Å². The van der Waals surface area contributed by atoms with Crippen molar-refractivity contribution in [3.63, 3.8) is 0 Å². The lowest BCUT2D eigenvalue weighted by molar-refractivity contribution is -0.137. The molecule has 0 radical (unpaired) electrons. The molecular formula is C18H32N4O5. The molecule has 0 fully saturated rings. The summed E-state index contributed by atoms with van der Waals surface area (Å²) >= 11 is 0. The molecule has 0 unspecified atom stereocenters. The summed E-state index contributed by atoms with van der Waals surface area (Å²) in [6.07, 6.45) is 5.99. The van der Waals surface area contributed by atoms with E-state index in [0.717, 1.165) is 32.1 Å². The number of Topliss-reactive ketones (excluding diaryl/α,β-unsaturated/α-hetero) is 3. The van der Waals surface area contributed by atoms with Crippen LogP contribution in [0.3, 0.4) is 0 Å². The van der Waals surface area contributed by atoms with Crippen LogP contribution < -0.4 is 0 Å². The topological polar surface area (TPSA) is 143 Å². The van der Waals surface area contributed by atoms with Gasteiger partial charge in [-0.25, -0.2) is 0 Å². The molecule has 0 aliphatic rings. The zero-order valence-corrected chi connectivity index (χ0v) is 16.8. The summed E-state index contributed by atoms with van der Waals surface area (Å²) in [6, 6.07) is 0. The summed E-state index contributed by atoms with van der Waals surface area (Å²) in [5.41, 5.74) is 0. The molecule has 154 valence electrons. The number of hydrogen-bond acceptors (Lipinski definition) is 7. The lowest BCUT2D eigenvalue weighted by Gasteiger charge is -1.90. The number of rotatable bonds is 11. The number of nitrogens with one attached hydrogen (secondary N) is 1. The highest BCUT2D eigenvalue weighted by molar-refractivity contribution is 5.76. The van der Waals surface area contributed by atoms with E-state index < -0.39 is 5.97 Å². The Balaban J connectivity index is 0. The zero-order valence-electron chi connectivity index (χ0n) is 16.8. The summed E-state index contributed by atoms with van der Waals surface area (Å²) in [6.45, 7) is 6.76. The maximum absolute atomic E-state index is 10.5. The average molecular weight is 384 g/mol. The smallest absolute Gasteiger partial charge is 0.303 e. The molecule has 9 heteroatoms. The number of carbonyl (C=O) groups excluding carboxylic acids is 3. The third kappa shape index (κ3) is 25.9. The second-order valence-electron chi connectivity index (χ2n) is 6.14. The predicted octanol–water partition coefficient (Wildman–Crippen LogP) is 2.71. The molecule has 1 heterocycles. The van der Waals surface area contributed by atoms with E-state index >= 15 is 0 Å². The second kappa shape index (κ2) is 18.3. The summed E-state index contributed by atoms with van der Waals surface area (Å²) in [7, 11) is 0. The van der Waals surface area contributed by atoms with E-state index in [2.05, 4.69) is 27.5 Å². The molecular weight excluding hydrogens is 352 g/mol. The number of aromatic amines is 1. The number of carbonyl (C=O) groups is 4. The molecule has 0 aromatic carbocycles. The largest absolute Gasteiger partial charge is 0.481 e. The fourth-order valence-corrected chi connectivity index (χ4v) is 1.70. The molecule has 9 nitrogen and oxygen atoms in total. The van der Waals surface area contributed by atoms with Crippen LogP contribution in [0.5, 0.6) is 0 Å². The van der Waals surface area contributed by atoms with Gasteiger partial charge in [-0.1, -0.05) is 18.6 Å². The molecule has 0 bridgehead atoms. The molecule has 1 aromatic rings. The van der Waals surface area contributed by atoms with Crippen molar-refractivity contribution in [2.24, 2.45) is 0 Å². The molecule has 2 N–H and O–H groups in total. The zero-order chi connectivity index (χ0) is 21.1. The van der Waals surface area contributed by atoms with Gasteiger partial charge in [0.1, 0.15) is 17.3 Å². The number of hydrogen-bond donors (Lipinski definition) is 2. The Kier molecular flexibility index (Phi) is 18.2. The number of ketones is 3. The average Bonchev–Trinajstić information content (AvgIpc) is 3.06. The minimum absolute atomic E-state index is 0.0521. The van der Waals surface area contributed by atoms with Gasteiger partial charge in [0.15, 0.2) is 5.82 Å². The van der Waals surface area contributed by atoms with E-state index in [-0.39, 0.29) is 18.0 Å². The van der Waals surface area contributed by atoms with Gasteiger partial charge in [0.05, 0.1) is 0 Å². The molecule has 0 atom stereocenters. The molecule has 0 aliphatic carbocycles. The molecule has 1 rings (SSSR count). The number of unbranched alkanes of at least 4 members (excludes halogenated alkanes) is 1. The van der Waals surface area contributed by atoms with Crippen molar-refractivity contribution in [3.8, 4) is 0 Å². The first kappa shape index (κ1) is 26.8. The maximum Gasteiger partial charge on any atom is 0.303 e. The van der Waals surface area contributed by atoms with E-state index in [1.807, 2.05) is 0 Å². The Hall–Kier alpha value is -2.45. The van der Waals surface area contributed by atoms with Crippen molar-refractivity contribution in [2.45, 2.75) is 85.5 Å². The normalized spacial score (nSPS) is 9.33. The van der Waals surface area contributed by atoms with E-state index in [1.54, 1.807) is 13.8 Å². The van der Waals surface area contributed by atoms with E-state index in [9.17, 15) is 19.2 Å². The SMILES string of the molecule is CC(=O)CCCC(=O)O.CC(=O)CCCc1nn[nH]n1.CCCCC(C)=O. The van der Waals surface area contributed by atoms with Crippen molar-refractivity contribution in [3.05, 3.63) is 5.82 Å². The predicted molar refractivity (Wildman–Crippen MR) is 100 cm³/mol. The first-order valence-electron chi connectivity index (χ1n) is 9.11. The Labute approximate surface area is 160 Å². The number of H-pyrrole nitrogens is 1. The van der Waals surface area contributed by atoms with Crippen LogP contribution in [-0.2, 0) is 25.6 Å². The standard InChI is InChI=1S/C6H10N4O.C6H10O3.C6H12O/c1-5(11)3-2-4-6-7-9-10-8-6;1-5(7)3-2-4-6(8)9;1-3-4-5-6(2)7/h2-4H2,1H3,(H,7,8,9,10);2-4H2,1H3,(H,8,9);3-5H2,1-2H3. The van der Waals surface area contributed by atoms with E-state index in [1.165, 1.54) is 6.92 Å². The van der Waals surface area contributed by atoms with Gasteiger partial charge in [-0.05, 0) is 40.0 Å². The van der Waals surface area contributed by atoms with Crippen molar-refractivity contribution in [2.75, 3.05) is 0 Å². The fourth-order valence-electron chi connectivity index (χ4n) is 1.70. The van der Waals surface area contributed by atoms with E-state index in [0.29, 0.717) is 30.9 Å². The van der Waals surface area contributed by atoms with Crippen LogP contribution in [0.15, 0.2) is 0 Å². The minimum Gasteiger partial charge on any atom is -0.481 e. The van der Waals surface area contributed by atoms with Crippen LogP contribution in [0, 0.1) is 0 Å². The lowest BCUT2D eigenvalue weighted by atomic mass is 10.2. The first-order chi connectivity index (χ1) is 12.7. The highest BCUT2D eigenvalue weighted by atomic mass is 16.4. The van der Waals surface area contributed by atoms with Gasteiger partial charge in [-0.15, -0.1) is 10.2 Å². The van der Waals surface area contributed by atoms with Crippen molar-refractivity contribution in [1.82, 2.24) is 20.6 Å². The molecule has 27 heavy (non-hydrogen) atoms. The van der Waals surface area contributed by atoms with Crippen LogP contribution in [0.2, 0.25) is 0 Å². The molecule has 0 spiro atoms. The number of carboxylic acid groups (broad SMARTS) is 1. The molecule has 1 aromatic heterocycles. The number of aliphatic carboxylic acids is 1. The third-order valence-corrected chi connectivity index (χ3v) is 3.12. The van der Waals surface area contributed by atoms with Crippen molar-refractivity contribution in [1.29, 1.82) is 0 Å². The first-order valence-corrected chi connectivity index (χ1v) is 9.11. The molecule has 0 saturated heterocycles. The Morgan fingerprint density at radius 2 is 1.37 bits per heavy atom. The van der Waals surface area contributed by atoms with Gasteiger partial charge < -0.3 is 19.5 Å². The van der Waals surface area contributed by atoms with Crippen LogP contribution in [-0.4, -0.2) is 49.0 Å². The minimum atomic E-state index is -0.837. The summed E-state index contributed by atoms with van der Waals surface area (Å²) in [5.74, 6) is 0.397. The summed E-state index contributed by atoms with van der Waals surface area (Å²) < 4.78 is 0. The van der Waals surface area contributed by atoms with Gasteiger partial charge in [-0.2, -0.15) is 5.21 Å².